The molecule has 2 rings (SSSR count). The number of aliphatic hydroxyl groups is 1. The van der Waals surface area contributed by atoms with Crippen molar-refractivity contribution in [2.75, 3.05) is 0 Å². The number of Topliss-reactive ketones (excluding diaryl/α,β-unsaturated/α-hetero) is 1. The minimum Gasteiger partial charge on any atom is -0.383 e. The van der Waals surface area contributed by atoms with Gasteiger partial charge in [-0.05, 0) is 42.0 Å². The number of nitrogens with one attached hydrogen (secondary N) is 1. The van der Waals surface area contributed by atoms with E-state index in [-0.39, 0.29) is 12.8 Å². The van der Waals surface area contributed by atoms with Crippen LogP contribution in [0.2, 0.25) is 10.0 Å². The number of ketones is 1. The Balaban J connectivity index is 2.13. The lowest BCUT2D eigenvalue weighted by Gasteiger charge is -2.29. The van der Waals surface area contributed by atoms with Crippen molar-refractivity contribution < 1.29 is 27.9 Å². The average molecular weight is 518 g/mol. The first-order chi connectivity index (χ1) is 15.9. The Bertz CT molecular complexity index is 968. The van der Waals surface area contributed by atoms with E-state index in [9.17, 15) is 27.9 Å². The van der Waals surface area contributed by atoms with Crippen LogP contribution in [0.25, 0.3) is 0 Å². The molecule has 0 aliphatic carbocycles. The van der Waals surface area contributed by atoms with Crippen LogP contribution in [0.3, 0.4) is 0 Å². The summed E-state index contributed by atoms with van der Waals surface area (Å²) in [6.45, 7) is 3.05. The first-order valence-corrected chi connectivity index (χ1v) is 11.7. The molecule has 0 radical (unpaired) electrons. The molecule has 0 aliphatic rings. The summed E-state index contributed by atoms with van der Waals surface area (Å²) in [7, 11) is 0. The number of halogens is 5. The average Bonchev–Trinajstić information content (AvgIpc) is 2.77. The molecular weight excluding hydrogens is 490 g/mol. The molecule has 0 saturated heterocycles. The molecule has 2 N–H and O–H groups in total. The highest BCUT2D eigenvalue weighted by atomic mass is 35.5. The van der Waals surface area contributed by atoms with Gasteiger partial charge in [-0.25, -0.2) is 0 Å². The van der Waals surface area contributed by atoms with E-state index in [1.807, 2.05) is 0 Å². The van der Waals surface area contributed by atoms with Gasteiger partial charge in [0.15, 0.2) is 11.9 Å². The summed E-state index contributed by atoms with van der Waals surface area (Å²) in [5.41, 5.74) is 1.53. The Hall–Kier alpha value is -2.09. The van der Waals surface area contributed by atoms with Crippen LogP contribution in [0.4, 0.5) is 13.2 Å². The van der Waals surface area contributed by atoms with Crippen molar-refractivity contribution in [3.8, 4) is 0 Å². The Labute approximate surface area is 207 Å². The van der Waals surface area contributed by atoms with Gasteiger partial charge in [0.05, 0.1) is 16.1 Å². The molecule has 0 bridgehead atoms. The van der Waals surface area contributed by atoms with Gasteiger partial charge in [-0.1, -0.05) is 73.4 Å². The van der Waals surface area contributed by atoms with E-state index in [2.05, 4.69) is 5.32 Å². The molecule has 1 amide bonds. The number of amides is 1. The fourth-order valence-electron chi connectivity index (χ4n) is 3.64. The van der Waals surface area contributed by atoms with Crippen LogP contribution in [0.15, 0.2) is 48.5 Å². The molecule has 186 valence electrons. The highest BCUT2D eigenvalue weighted by Gasteiger charge is 2.45. The third-order valence-corrected chi connectivity index (χ3v) is 6.40. The van der Waals surface area contributed by atoms with Crippen LogP contribution in [0.5, 0.6) is 0 Å². The predicted octanol–water partition coefficient (Wildman–Crippen LogP) is 5.81. The second-order valence-electron chi connectivity index (χ2n) is 8.62. The maximum absolute atomic E-state index is 13.1. The van der Waals surface area contributed by atoms with Crippen LogP contribution < -0.4 is 5.32 Å². The first kappa shape index (κ1) is 28.1. The Morgan fingerprint density at radius 1 is 1.00 bits per heavy atom. The number of alkyl halides is 3. The third kappa shape index (κ3) is 8.60. The molecule has 0 saturated carbocycles. The van der Waals surface area contributed by atoms with Crippen molar-refractivity contribution in [2.24, 2.45) is 11.8 Å². The molecule has 4 nitrogen and oxygen atoms in total. The summed E-state index contributed by atoms with van der Waals surface area (Å²) >= 11 is 11.9. The highest BCUT2D eigenvalue weighted by Crippen LogP contribution is 2.32. The van der Waals surface area contributed by atoms with Crippen molar-refractivity contribution in [2.45, 2.75) is 57.9 Å². The lowest BCUT2D eigenvalue weighted by atomic mass is 9.83. The van der Waals surface area contributed by atoms with Crippen molar-refractivity contribution in [3.63, 3.8) is 0 Å². The van der Waals surface area contributed by atoms with Gasteiger partial charge in [0, 0.05) is 18.8 Å². The molecule has 0 aromatic heterocycles. The number of benzene rings is 2. The van der Waals surface area contributed by atoms with Gasteiger partial charge >= 0.3 is 6.18 Å². The molecule has 0 unspecified atom stereocenters. The van der Waals surface area contributed by atoms with Crippen LogP contribution >= 0.6 is 23.2 Å². The summed E-state index contributed by atoms with van der Waals surface area (Å²) in [6.07, 6.45) is -7.45. The van der Waals surface area contributed by atoms with Crippen LogP contribution in [0.1, 0.15) is 37.8 Å². The second-order valence-corrected chi connectivity index (χ2v) is 9.44. The molecule has 9 heteroatoms. The zero-order valence-electron chi connectivity index (χ0n) is 18.9. The predicted molar refractivity (Wildman–Crippen MR) is 127 cm³/mol. The third-order valence-electron chi connectivity index (χ3n) is 5.67. The zero-order valence-corrected chi connectivity index (χ0v) is 20.4. The number of aliphatic hydroxyl groups excluding tert-OH is 1. The fraction of sp³-hybridized carbons (Fsp3) is 0.440. The number of hydrogen-bond donors (Lipinski definition) is 2. The van der Waals surface area contributed by atoms with Crippen molar-refractivity contribution in [3.05, 3.63) is 69.7 Å². The van der Waals surface area contributed by atoms with Gasteiger partial charge in [-0.15, -0.1) is 0 Å². The van der Waals surface area contributed by atoms with E-state index in [0.29, 0.717) is 16.5 Å². The SMILES string of the molecule is CC(C)[C@H](CC(=O)[C@H](Cc1ccccc1)NC(=O)CCc1ccc(Cl)c(Cl)c1)[C@H](O)C(F)(F)F. The quantitative estimate of drug-likeness (QED) is 0.395. The van der Waals surface area contributed by atoms with Gasteiger partial charge in [0.1, 0.15) is 0 Å². The molecule has 34 heavy (non-hydrogen) atoms. The maximum Gasteiger partial charge on any atom is 0.414 e. The van der Waals surface area contributed by atoms with E-state index >= 15 is 0 Å². The largest absolute Gasteiger partial charge is 0.414 e. The van der Waals surface area contributed by atoms with Gasteiger partial charge in [-0.3, -0.25) is 9.59 Å². The number of rotatable bonds is 11. The summed E-state index contributed by atoms with van der Waals surface area (Å²) in [5, 5.41) is 13.2. The Kier molecular flexibility index (Phi) is 10.4. The van der Waals surface area contributed by atoms with Crippen molar-refractivity contribution in [1.82, 2.24) is 5.32 Å². The highest BCUT2D eigenvalue weighted by molar-refractivity contribution is 6.42. The van der Waals surface area contributed by atoms with E-state index in [0.717, 1.165) is 11.1 Å². The Morgan fingerprint density at radius 3 is 2.21 bits per heavy atom. The van der Waals surface area contributed by atoms with Gasteiger partial charge in [-0.2, -0.15) is 13.2 Å². The minimum atomic E-state index is -4.84. The summed E-state index contributed by atoms with van der Waals surface area (Å²) < 4.78 is 39.4. The van der Waals surface area contributed by atoms with E-state index in [1.165, 1.54) is 13.8 Å². The van der Waals surface area contributed by atoms with Crippen LogP contribution in [-0.2, 0) is 22.4 Å². The molecule has 0 spiro atoms. The zero-order chi connectivity index (χ0) is 25.5. The monoisotopic (exact) mass is 517 g/mol. The molecule has 3 atom stereocenters. The smallest absolute Gasteiger partial charge is 0.383 e. The van der Waals surface area contributed by atoms with Gasteiger partial charge < -0.3 is 10.4 Å². The second kappa shape index (κ2) is 12.6. The maximum atomic E-state index is 13.1. The summed E-state index contributed by atoms with van der Waals surface area (Å²) in [6, 6.07) is 12.9. The number of carbonyl (C=O) groups is 2. The minimum absolute atomic E-state index is 0.0509. The molecule has 0 heterocycles. The molecule has 2 aromatic rings. The van der Waals surface area contributed by atoms with Crippen molar-refractivity contribution in [1.29, 1.82) is 0 Å². The molecule has 2 aromatic carbocycles. The van der Waals surface area contributed by atoms with Gasteiger partial charge in [0.2, 0.25) is 5.91 Å². The molecule has 0 fully saturated rings. The van der Waals surface area contributed by atoms with E-state index in [1.54, 1.807) is 48.5 Å². The number of hydrogen-bond acceptors (Lipinski definition) is 3. The number of carbonyl (C=O) groups excluding carboxylic acids is 2. The van der Waals surface area contributed by atoms with Gasteiger partial charge in [0.25, 0.3) is 0 Å². The normalized spacial score (nSPS) is 14.5. The van der Waals surface area contributed by atoms with Crippen LogP contribution in [-0.4, -0.2) is 35.1 Å². The topological polar surface area (TPSA) is 66.4 Å². The first-order valence-electron chi connectivity index (χ1n) is 10.9. The standard InChI is InChI=1S/C25H28Cl2F3NO3/c1-15(2)18(24(34)25(28,29)30)14-22(32)21(13-16-6-4-3-5-7-16)31-23(33)11-9-17-8-10-19(26)20(27)12-17/h3-8,10,12,15,18,21,24,34H,9,11,13-14H2,1-2H3,(H,31,33)/t18-,21-,24-/m0/s1. The molecule has 0 aliphatic heterocycles. The summed E-state index contributed by atoms with van der Waals surface area (Å²) in [4.78, 5) is 25.7. The Morgan fingerprint density at radius 2 is 1.65 bits per heavy atom. The van der Waals surface area contributed by atoms with E-state index < -0.39 is 48.3 Å². The lowest BCUT2D eigenvalue weighted by molar-refractivity contribution is -0.224. The molecular formula is C25H28Cl2F3NO3. The van der Waals surface area contributed by atoms with Crippen LogP contribution in [0, 0.1) is 11.8 Å². The fourth-order valence-corrected chi connectivity index (χ4v) is 3.96. The summed E-state index contributed by atoms with van der Waals surface area (Å²) in [5.74, 6) is -2.89. The van der Waals surface area contributed by atoms with Crippen molar-refractivity contribution >= 4 is 34.9 Å². The van der Waals surface area contributed by atoms with E-state index in [4.69, 9.17) is 23.2 Å². The number of aryl methyl sites for hydroxylation is 1. The lowest BCUT2D eigenvalue weighted by Crippen LogP contribution is -2.46.